The molecule has 108 valence electrons. The molecule has 0 aliphatic rings. The molecule has 0 saturated heterocycles. The van der Waals surface area contributed by atoms with Crippen molar-refractivity contribution in [3.05, 3.63) is 45.5 Å². The van der Waals surface area contributed by atoms with Crippen LogP contribution in [0.15, 0.2) is 18.2 Å². The molecule has 1 unspecified atom stereocenters. The standard InChI is InChI=1S/C16H23N3S/c1-6-17-15(13-8-7-11(4)9-12(13)5)16-14(10(2)3)18-19-20-16/h7-10,15,17H,6H2,1-5H3. The topological polar surface area (TPSA) is 37.8 Å². The van der Waals surface area contributed by atoms with Crippen LogP contribution >= 0.6 is 11.5 Å². The van der Waals surface area contributed by atoms with Gasteiger partial charge in [-0.15, -0.1) is 5.10 Å². The van der Waals surface area contributed by atoms with Crippen LogP contribution in [0.3, 0.4) is 0 Å². The van der Waals surface area contributed by atoms with E-state index in [1.807, 2.05) is 0 Å². The minimum absolute atomic E-state index is 0.193. The van der Waals surface area contributed by atoms with Gasteiger partial charge in [0.2, 0.25) is 0 Å². The lowest BCUT2D eigenvalue weighted by molar-refractivity contribution is 0.623. The molecule has 1 atom stereocenters. The first kappa shape index (κ1) is 15.1. The van der Waals surface area contributed by atoms with Crippen LogP contribution in [-0.4, -0.2) is 16.1 Å². The molecule has 1 heterocycles. The Morgan fingerprint density at radius 1 is 1.25 bits per heavy atom. The average molecular weight is 289 g/mol. The summed E-state index contributed by atoms with van der Waals surface area (Å²) in [6.45, 7) is 11.7. The molecule has 0 aliphatic carbocycles. The van der Waals surface area contributed by atoms with Crippen LogP contribution in [0, 0.1) is 13.8 Å². The second kappa shape index (κ2) is 6.46. The lowest BCUT2D eigenvalue weighted by atomic mass is 9.95. The van der Waals surface area contributed by atoms with Crippen molar-refractivity contribution in [3.63, 3.8) is 0 Å². The van der Waals surface area contributed by atoms with E-state index < -0.39 is 0 Å². The maximum Gasteiger partial charge on any atom is 0.0832 e. The van der Waals surface area contributed by atoms with E-state index in [1.54, 1.807) is 0 Å². The van der Waals surface area contributed by atoms with Crippen LogP contribution in [0.2, 0.25) is 0 Å². The largest absolute Gasteiger partial charge is 0.306 e. The Morgan fingerprint density at radius 3 is 2.60 bits per heavy atom. The fourth-order valence-corrected chi connectivity index (χ4v) is 3.41. The van der Waals surface area contributed by atoms with Crippen LogP contribution in [0.4, 0.5) is 0 Å². The van der Waals surface area contributed by atoms with Gasteiger partial charge in [-0.05, 0) is 49.0 Å². The second-order valence-electron chi connectivity index (χ2n) is 5.53. The van der Waals surface area contributed by atoms with Gasteiger partial charge in [-0.1, -0.05) is 49.0 Å². The van der Waals surface area contributed by atoms with Crippen LogP contribution < -0.4 is 5.32 Å². The number of aromatic nitrogens is 2. The van der Waals surface area contributed by atoms with Gasteiger partial charge in [0.15, 0.2) is 0 Å². The zero-order valence-corrected chi connectivity index (χ0v) is 13.7. The monoisotopic (exact) mass is 289 g/mol. The van der Waals surface area contributed by atoms with Gasteiger partial charge < -0.3 is 5.32 Å². The normalized spacial score (nSPS) is 12.9. The maximum atomic E-state index is 4.32. The van der Waals surface area contributed by atoms with Crippen molar-refractivity contribution in [3.8, 4) is 0 Å². The molecule has 0 amide bonds. The lowest BCUT2D eigenvalue weighted by Gasteiger charge is -2.21. The first-order chi connectivity index (χ1) is 9.54. The fraction of sp³-hybridized carbons (Fsp3) is 0.500. The Morgan fingerprint density at radius 2 is 2.00 bits per heavy atom. The molecular formula is C16H23N3S. The molecule has 2 aromatic rings. The van der Waals surface area contributed by atoms with Gasteiger partial charge in [0.05, 0.1) is 16.6 Å². The Labute approximate surface area is 125 Å². The van der Waals surface area contributed by atoms with E-state index in [0.717, 1.165) is 12.2 Å². The summed E-state index contributed by atoms with van der Waals surface area (Å²) in [5, 5.41) is 7.91. The summed E-state index contributed by atoms with van der Waals surface area (Å²) in [6, 6.07) is 6.83. The molecule has 1 N–H and O–H groups in total. The molecule has 2 rings (SSSR count). The molecule has 0 saturated carbocycles. The molecule has 0 radical (unpaired) electrons. The Bertz CT molecular complexity index is 575. The van der Waals surface area contributed by atoms with E-state index in [0.29, 0.717) is 5.92 Å². The van der Waals surface area contributed by atoms with Crippen molar-refractivity contribution in [1.82, 2.24) is 14.9 Å². The van der Waals surface area contributed by atoms with Crippen molar-refractivity contribution in [1.29, 1.82) is 0 Å². The van der Waals surface area contributed by atoms with Gasteiger partial charge in [0.25, 0.3) is 0 Å². The van der Waals surface area contributed by atoms with Crippen molar-refractivity contribution in [2.24, 2.45) is 0 Å². The maximum absolute atomic E-state index is 4.32. The van der Waals surface area contributed by atoms with Crippen molar-refractivity contribution >= 4 is 11.5 Å². The summed E-state index contributed by atoms with van der Waals surface area (Å²) in [4.78, 5) is 1.24. The highest BCUT2D eigenvalue weighted by molar-refractivity contribution is 7.05. The smallest absolute Gasteiger partial charge is 0.0832 e. The molecule has 0 fully saturated rings. The third-order valence-electron chi connectivity index (χ3n) is 3.49. The third kappa shape index (κ3) is 3.07. The number of rotatable bonds is 5. The molecule has 4 heteroatoms. The SMILES string of the molecule is CCNC(c1ccc(C)cc1C)c1snnc1C(C)C. The van der Waals surface area contributed by atoms with Gasteiger partial charge in [-0.2, -0.15) is 0 Å². The molecule has 3 nitrogen and oxygen atoms in total. The van der Waals surface area contributed by atoms with E-state index in [2.05, 4.69) is 67.7 Å². The molecule has 0 aliphatic heterocycles. The summed E-state index contributed by atoms with van der Waals surface area (Å²) < 4.78 is 4.17. The molecule has 1 aromatic heterocycles. The van der Waals surface area contributed by atoms with Crippen molar-refractivity contribution in [2.75, 3.05) is 6.54 Å². The molecule has 0 bridgehead atoms. The highest BCUT2D eigenvalue weighted by Crippen LogP contribution is 2.32. The Balaban J connectivity index is 2.47. The van der Waals surface area contributed by atoms with Crippen LogP contribution in [0.5, 0.6) is 0 Å². The van der Waals surface area contributed by atoms with E-state index in [1.165, 1.54) is 33.1 Å². The zero-order valence-electron chi connectivity index (χ0n) is 12.9. The summed E-state index contributed by atoms with van der Waals surface area (Å²) >= 11 is 1.51. The minimum atomic E-state index is 0.193. The van der Waals surface area contributed by atoms with Crippen molar-refractivity contribution in [2.45, 2.75) is 46.6 Å². The highest BCUT2D eigenvalue weighted by Gasteiger charge is 2.23. The van der Waals surface area contributed by atoms with Gasteiger partial charge in [-0.25, -0.2) is 0 Å². The number of nitrogens with zero attached hydrogens (tertiary/aromatic N) is 2. The predicted molar refractivity (Wildman–Crippen MR) is 85.4 cm³/mol. The van der Waals surface area contributed by atoms with Crippen molar-refractivity contribution < 1.29 is 0 Å². The average Bonchev–Trinajstić information content (AvgIpc) is 2.86. The Kier molecular flexibility index (Phi) is 4.89. The predicted octanol–water partition coefficient (Wildman–Crippen LogP) is 3.98. The fourth-order valence-electron chi connectivity index (χ4n) is 2.50. The Hall–Kier alpha value is -1.26. The summed E-state index contributed by atoms with van der Waals surface area (Å²) in [5.41, 5.74) is 5.05. The zero-order chi connectivity index (χ0) is 14.7. The number of hydrogen-bond donors (Lipinski definition) is 1. The molecule has 0 spiro atoms. The van der Waals surface area contributed by atoms with Gasteiger partial charge in [0, 0.05) is 0 Å². The summed E-state index contributed by atoms with van der Waals surface area (Å²) in [5.74, 6) is 0.399. The van der Waals surface area contributed by atoms with E-state index >= 15 is 0 Å². The van der Waals surface area contributed by atoms with Gasteiger partial charge in [0.1, 0.15) is 0 Å². The first-order valence-electron chi connectivity index (χ1n) is 7.17. The van der Waals surface area contributed by atoms with E-state index in [-0.39, 0.29) is 6.04 Å². The number of nitrogens with one attached hydrogen (secondary N) is 1. The quantitative estimate of drug-likeness (QED) is 0.905. The third-order valence-corrected chi connectivity index (χ3v) is 4.30. The second-order valence-corrected chi connectivity index (χ2v) is 6.31. The van der Waals surface area contributed by atoms with Crippen LogP contribution in [0.25, 0.3) is 0 Å². The molecular weight excluding hydrogens is 266 g/mol. The molecule has 1 aromatic carbocycles. The summed E-state index contributed by atoms with van der Waals surface area (Å²) in [6.07, 6.45) is 0. The van der Waals surface area contributed by atoms with Crippen LogP contribution in [0.1, 0.15) is 60.0 Å². The first-order valence-corrected chi connectivity index (χ1v) is 7.94. The molecule has 20 heavy (non-hydrogen) atoms. The van der Waals surface area contributed by atoms with E-state index in [9.17, 15) is 0 Å². The number of hydrogen-bond acceptors (Lipinski definition) is 4. The summed E-state index contributed by atoms with van der Waals surface area (Å²) in [7, 11) is 0. The lowest BCUT2D eigenvalue weighted by Crippen LogP contribution is -2.23. The number of aryl methyl sites for hydroxylation is 2. The van der Waals surface area contributed by atoms with Crippen LogP contribution in [-0.2, 0) is 0 Å². The minimum Gasteiger partial charge on any atom is -0.306 e. The number of benzene rings is 1. The van der Waals surface area contributed by atoms with Gasteiger partial charge in [-0.3, -0.25) is 0 Å². The van der Waals surface area contributed by atoms with E-state index in [4.69, 9.17) is 0 Å². The highest BCUT2D eigenvalue weighted by atomic mass is 32.1. The van der Waals surface area contributed by atoms with Gasteiger partial charge >= 0.3 is 0 Å².